The molecule has 3 aliphatic rings. The number of fused-ring (bicyclic) bond motifs is 1. The maximum atomic E-state index is 11.1. The van der Waals surface area contributed by atoms with E-state index < -0.39 is 5.97 Å². The summed E-state index contributed by atoms with van der Waals surface area (Å²) in [6, 6.07) is 0. The molecule has 0 aliphatic heterocycles. The SMILES string of the molecule is C=CC1C2CCC3C1C(C2)C3(CN)CC(=O)O. The first-order valence-corrected chi connectivity index (χ1v) is 6.68. The lowest BCUT2D eigenvalue weighted by atomic mass is 9.43. The van der Waals surface area contributed by atoms with Crippen LogP contribution in [0.3, 0.4) is 0 Å². The maximum absolute atomic E-state index is 11.1. The quantitative estimate of drug-likeness (QED) is 0.731. The normalized spacial score (nSPS) is 50.8. The summed E-state index contributed by atoms with van der Waals surface area (Å²) in [5, 5.41) is 9.14. The third-order valence-corrected chi connectivity index (χ3v) is 5.93. The predicted molar refractivity (Wildman–Crippen MR) is 65.2 cm³/mol. The van der Waals surface area contributed by atoms with Gasteiger partial charge in [-0.1, -0.05) is 6.08 Å². The minimum Gasteiger partial charge on any atom is -0.481 e. The third kappa shape index (κ3) is 1.23. The highest BCUT2D eigenvalue weighted by Gasteiger charge is 2.68. The van der Waals surface area contributed by atoms with Crippen molar-refractivity contribution in [2.75, 3.05) is 6.54 Å². The number of hydrogen-bond donors (Lipinski definition) is 2. The lowest BCUT2D eigenvalue weighted by Gasteiger charge is -2.61. The van der Waals surface area contributed by atoms with Crippen molar-refractivity contribution >= 4 is 5.97 Å². The Hall–Kier alpha value is -0.830. The van der Waals surface area contributed by atoms with Crippen LogP contribution in [0.2, 0.25) is 0 Å². The summed E-state index contributed by atoms with van der Waals surface area (Å²) in [7, 11) is 0. The molecule has 17 heavy (non-hydrogen) atoms. The summed E-state index contributed by atoms with van der Waals surface area (Å²) in [6.45, 7) is 4.51. The summed E-state index contributed by atoms with van der Waals surface area (Å²) in [5.41, 5.74) is 5.86. The zero-order chi connectivity index (χ0) is 12.2. The molecule has 3 N–H and O–H groups in total. The summed E-state index contributed by atoms with van der Waals surface area (Å²) in [4.78, 5) is 11.1. The first-order valence-electron chi connectivity index (χ1n) is 6.68. The Kier molecular flexibility index (Phi) is 2.37. The van der Waals surface area contributed by atoms with E-state index in [4.69, 9.17) is 10.8 Å². The van der Waals surface area contributed by atoms with E-state index in [0.717, 1.165) is 5.92 Å². The molecule has 3 rings (SSSR count). The van der Waals surface area contributed by atoms with Gasteiger partial charge in [-0.3, -0.25) is 4.79 Å². The first-order chi connectivity index (χ1) is 8.14. The van der Waals surface area contributed by atoms with E-state index in [0.29, 0.717) is 30.2 Å². The fourth-order valence-electron chi connectivity index (χ4n) is 5.38. The molecule has 3 fully saturated rings. The topological polar surface area (TPSA) is 63.3 Å². The molecule has 0 aromatic rings. The standard InChI is InChI=1S/C14H21NO2/c1-2-9-8-3-4-10-13(9)11(5-8)14(10,7-15)6-12(16)17/h2,8-11,13H,1,3-7,15H2,(H,16,17). The summed E-state index contributed by atoms with van der Waals surface area (Å²) in [6.07, 6.45) is 5.99. The first kappa shape index (κ1) is 11.3. The van der Waals surface area contributed by atoms with Gasteiger partial charge in [-0.2, -0.15) is 0 Å². The lowest BCUT2D eigenvalue weighted by Crippen LogP contribution is -2.60. The van der Waals surface area contributed by atoms with E-state index in [1.807, 2.05) is 0 Å². The van der Waals surface area contributed by atoms with Gasteiger partial charge in [-0.05, 0) is 60.8 Å². The minimum atomic E-state index is -0.681. The van der Waals surface area contributed by atoms with Crippen LogP contribution >= 0.6 is 0 Å². The number of carboxylic acids is 1. The monoisotopic (exact) mass is 235 g/mol. The van der Waals surface area contributed by atoms with Gasteiger partial charge < -0.3 is 10.8 Å². The van der Waals surface area contributed by atoms with Crippen LogP contribution in [0.15, 0.2) is 12.7 Å². The predicted octanol–water partition coefficient (Wildman–Crippen LogP) is 1.88. The lowest BCUT2D eigenvalue weighted by molar-refractivity contribution is -0.160. The van der Waals surface area contributed by atoms with Crippen LogP contribution in [0, 0.1) is 35.0 Å². The van der Waals surface area contributed by atoms with E-state index in [9.17, 15) is 4.79 Å². The molecule has 0 amide bonds. The van der Waals surface area contributed by atoms with Gasteiger partial charge in [0.2, 0.25) is 0 Å². The number of hydrogen-bond acceptors (Lipinski definition) is 2. The molecule has 94 valence electrons. The molecule has 0 saturated heterocycles. The third-order valence-electron chi connectivity index (χ3n) is 5.93. The van der Waals surface area contributed by atoms with Crippen LogP contribution < -0.4 is 5.73 Å². The molecule has 0 heterocycles. The second kappa shape index (κ2) is 3.58. The molecule has 3 nitrogen and oxygen atoms in total. The fourth-order valence-corrected chi connectivity index (χ4v) is 5.38. The van der Waals surface area contributed by atoms with Crippen molar-refractivity contribution in [3.8, 4) is 0 Å². The Morgan fingerprint density at radius 1 is 1.47 bits per heavy atom. The highest BCUT2D eigenvalue weighted by Crippen LogP contribution is 2.72. The summed E-state index contributed by atoms with van der Waals surface area (Å²) >= 11 is 0. The zero-order valence-electron chi connectivity index (χ0n) is 10.1. The maximum Gasteiger partial charge on any atom is 0.303 e. The van der Waals surface area contributed by atoms with Crippen molar-refractivity contribution in [1.29, 1.82) is 0 Å². The average molecular weight is 235 g/mol. The molecule has 6 unspecified atom stereocenters. The van der Waals surface area contributed by atoms with Crippen molar-refractivity contribution in [3.05, 3.63) is 12.7 Å². The van der Waals surface area contributed by atoms with Crippen molar-refractivity contribution in [1.82, 2.24) is 0 Å². The van der Waals surface area contributed by atoms with Gasteiger partial charge in [-0.15, -0.1) is 6.58 Å². The van der Waals surface area contributed by atoms with E-state index in [1.54, 1.807) is 0 Å². The summed E-state index contributed by atoms with van der Waals surface area (Å²) in [5.74, 6) is 2.47. The van der Waals surface area contributed by atoms with Crippen LogP contribution in [-0.4, -0.2) is 17.6 Å². The van der Waals surface area contributed by atoms with Crippen LogP contribution in [-0.2, 0) is 4.79 Å². The molecule has 2 bridgehead atoms. The Bertz CT molecular complexity index is 359. The van der Waals surface area contributed by atoms with Crippen molar-refractivity contribution in [2.24, 2.45) is 40.7 Å². The Balaban J connectivity index is 1.91. The molecule has 3 aliphatic carbocycles. The second-order valence-corrected chi connectivity index (χ2v) is 6.18. The van der Waals surface area contributed by atoms with Crippen LogP contribution in [0.5, 0.6) is 0 Å². The molecule has 0 radical (unpaired) electrons. The molecule has 0 spiro atoms. The van der Waals surface area contributed by atoms with Gasteiger partial charge in [0.25, 0.3) is 0 Å². The zero-order valence-corrected chi connectivity index (χ0v) is 10.1. The molecule has 0 aromatic carbocycles. The van der Waals surface area contributed by atoms with Gasteiger partial charge in [0.15, 0.2) is 0 Å². The highest BCUT2D eigenvalue weighted by molar-refractivity contribution is 5.68. The molecular formula is C14H21NO2. The average Bonchev–Trinajstić information content (AvgIpc) is 2.45. The van der Waals surface area contributed by atoms with Gasteiger partial charge in [0.05, 0.1) is 6.42 Å². The number of rotatable bonds is 4. The molecule has 3 saturated carbocycles. The van der Waals surface area contributed by atoms with E-state index in [1.165, 1.54) is 19.3 Å². The number of allylic oxidation sites excluding steroid dienone is 1. The highest BCUT2D eigenvalue weighted by atomic mass is 16.4. The second-order valence-electron chi connectivity index (χ2n) is 6.18. The van der Waals surface area contributed by atoms with Crippen molar-refractivity contribution < 1.29 is 9.90 Å². The van der Waals surface area contributed by atoms with Crippen LogP contribution in [0.4, 0.5) is 0 Å². The molecule has 0 aromatic heterocycles. The van der Waals surface area contributed by atoms with Gasteiger partial charge in [0, 0.05) is 0 Å². The molecule has 6 atom stereocenters. The Morgan fingerprint density at radius 2 is 2.24 bits per heavy atom. The van der Waals surface area contributed by atoms with Crippen LogP contribution in [0.25, 0.3) is 0 Å². The number of aliphatic carboxylic acids is 1. The largest absolute Gasteiger partial charge is 0.481 e. The van der Waals surface area contributed by atoms with Crippen LogP contribution in [0.1, 0.15) is 25.7 Å². The number of nitrogens with two attached hydrogens (primary N) is 1. The van der Waals surface area contributed by atoms with E-state index >= 15 is 0 Å². The van der Waals surface area contributed by atoms with Crippen molar-refractivity contribution in [3.63, 3.8) is 0 Å². The van der Waals surface area contributed by atoms with Gasteiger partial charge in [0.1, 0.15) is 0 Å². The summed E-state index contributed by atoms with van der Waals surface area (Å²) < 4.78 is 0. The molecule has 3 heteroatoms. The number of carboxylic acid groups (broad SMARTS) is 1. The Labute approximate surface area is 102 Å². The smallest absolute Gasteiger partial charge is 0.303 e. The van der Waals surface area contributed by atoms with E-state index in [2.05, 4.69) is 12.7 Å². The van der Waals surface area contributed by atoms with Crippen molar-refractivity contribution in [2.45, 2.75) is 25.7 Å². The minimum absolute atomic E-state index is 0.0942. The molecular weight excluding hydrogens is 214 g/mol. The number of carbonyl (C=O) groups is 1. The fraction of sp³-hybridized carbons (Fsp3) is 0.786. The Morgan fingerprint density at radius 3 is 2.82 bits per heavy atom. The van der Waals surface area contributed by atoms with E-state index in [-0.39, 0.29) is 11.8 Å². The van der Waals surface area contributed by atoms with Gasteiger partial charge in [-0.25, -0.2) is 0 Å². The van der Waals surface area contributed by atoms with Gasteiger partial charge >= 0.3 is 5.97 Å².